The predicted molar refractivity (Wildman–Crippen MR) is 308 cm³/mol. The molecule has 0 aliphatic carbocycles. The van der Waals surface area contributed by atoms with Gasteiger partial charge in [-0.15, -0.1) is 0 Å². The molecular formula is C52H74N16O12S2. The topological polar surface area (TPSA) is 444 Å². The number of aliphatic carboxylic acids is 1. The quantitative estimate of drug-likeness (QED) is 0.0252. The van der Waals surface area contributed by atoms with Gasteiger partial charge in [-0.3, -0.25) is 54.0 Å². The summed E-state index contributed by atoms with van der Waals surface area (Å²) in [5.74, 6) is -6.76. The molecule has 0 radical (unpaired) electrons. The lowest BCUT2D eigenvalue weighted by Gasteiger charge is -2.30. The molecule has 3 aromatic rings. The molecule has 2 aromatic carbocycles. The first-order valence-electron chi connectivity index (χ1n) is 26.8. The highest BCUT2D eigenvalue weighted by molar-refractivity contribution is 8.76. The van der Waals surface area contributed by atoms with E-state index >= 15 is 0 Å². The maximum Gasteiger partial charge on any atom is 0.315 e. The monoisotopic (exact) mass is 1180 g/mol. The highest BCUT2D eigenvalue weighted by Gasteiger charge is 2.40. The summed E-state index contributed by atoms with van der Waals surface area (Å²) >= 11 is 0. The van der Waals surface area contributed by atoms with Crippen LogP contribution in [0.3, 0.4) is 0 Å². The summed E-state index contributed by atoms with van der Waals surface area (Å²) in [4.78, 5) is 135. The van der Waals surface area contributed by atoms with Crippen molar-refractivity contribution in [2.24, 2.45) is 17.2 Å². The average molecular weight is 1180 g/mol. The number of rotatable bonds is 17. The average Bonchev–Trinajstić information content (AvgIpc) is 4.42. The molecule has 28 nitrogen and oxygen atoms in total. The maximum absolute atomic E-state index is 14.3. The van der Waals surface area contributed by atoms with Crippen LogP contribution in [0.5, 0.6) is 0 Å². The Balaban J connectivity index is 0.000000409. The minimum atomic E-state index is -1.68. The van der Waals surface area contributed by atoms with Crippen LogP contribution in [0.1, 0.15) is 75.8 Å². The molecule has 18 N–H and O–H groups in total. The van der Waals surface area contributed by atoms with Crippen molar-refractivity contribution in [1.82, 2.24) is 52.4 Å². The summed E-state index contributed by atoms with van der Waals surface area (Å²) in [5, 5.41) is 46.0. The second-order valence-electron chi connectivity index (χ2n) is 19.4. The van der Waals surface area contributed by atoms with E-state index in [1.54, 1.807) is 19.2 Å². The molecule has 4 heterocycles. The molecule has 6 rings (SSSR count). The van der Waals surface area contributed by atoms with Crippen molar-refractivity contribution in [2.75, 3.05) is 62.3 Å². The molecule has 446 valence electrons. The van der Waals surface area contributed by atoms with Crippen LogP contribution in [-0.2, 0) is 54.3 Å². The smallest absolute Gasteiger partial charge is 0.315 e. The minimum absolute atomic E-state index is 0.0216. The van der Waals surface area contributed by atoms with Crippen LogP contribution >= 0.6 is 21.6 Å². The van der Waals surface area contributed by atoms with Gasteiger partial charge in [0, 0.05) is 91.5 Å². The Bertz CT molecular complexity index is 2770. The largest absolute Gasteiger partial charge is 0.481 e. The number of nitrogens with one attached hydrogen (secondary N) is 11. The highest BCUT2D eigenvalue weighted by atomic mass is 33.1. The Kier molecular flexibility index (Phi) is 25.8. The van der Waals surface area contributed by atoms with Crippen LogP contribution in [-0.4, -0.2) is 180 Å². The van der Waals surface area contributed by atoms with E-state index in [0.717, 1.165) is 29.6 Å². The Morgan fingerprint density at radius 1 is 0.817 bits per heavy atom. The number of para-hydroxylation sites is 1. The predicted octanol–water partition coefficient (Wildman–Crippen LogP) is -1.04. The van der Waals surface area contributed by atoms with Crippen molar-refractivity contribution in [3.8, 4) is 0 Å². The molecule has 1 unspecified atom stereocenters. The summed E-state index contributed by atoms with van der Waals surface area (Å²) in [6, 6.07) is 8.34. The molecule has 6 atom stereocenters. The standard InChI is InChI=1S/C35H49N11O9S2.C17H25N5O3/c36-30(51)25-18-57-56-13-10-27(47)42-22(8-3-4-11-39-35(37)38)31(52)41-17-28(48)43-23(15-29(49)50)32(53)44-24(14-19-16-40-21-7-2-1-6-20(19)21)34(55)46-12-5-9-26(46)33(54)45-25;1-2-25-15(23)7-9-20-17(24)21-13-8-10-22(11-13)14-5-3-12(4-6-14)16(18)19/h1-2,6-7,16,22-26,40H,3-5,8-15,17-18H2,(H2,36,51)(H,41,52)(H,42,47)(H,43,48)(H,44,53)(H,45,54)(H,49,50)(H4,37,38,39);3-6,13H,2,7-11H2,1H3,(H3,18,19)(H2,20,21,24)/t22-,23-,24-,25-,26-;/m0./s1. The number of hydrogen-bond donors (Lipinski definition) is 15. The molecule has 3 aliphatic rings. The third-order valence-corrected chi connectivity index (χ3v) is 15.7. The molecule has 3 saturated heterocycles. The van der Waals surface area contributed by atoms with Crippen LogP contribution in [0, 0.1) is 10.8 Å². The number of carbonyl (C=O) groups is 10. The number of amidine groups is 1. The van der Waals surface area contributed by atoms with Crippen molar-refractivity contribution < 1.29 is 57.8 Å². The number of esters is 1. The van der Waals surface area contributed by atoms with Gasteiger partial charge in [0.05, 0.1) is 26.0 Å². The number of urea groups is 1. The fraction of sp³-hybridized carbons (Fsp3) is 0.500. The maximum atomic E-state index is 14.3. The van der Waals surface area contributed by atoms with E-state index in [1.807, 2.05) is 42.5 Å². The molecule has 30 heteroatoms. The molecule has 1 aromatic heterocycles. The number of primary amides is 1. The van der Waals surface area contributed by atoms with Crippen molar-refractivity contribution in [1.29, 1.82) is 10.8 Å². The Labute approximate surface area is 481 Å². The van der Waals surface area contributed by atoms with E-state index in [4.69, 9.17) is 32.8 Å². The van der Waals surface area contributed by atoms with Crippen molar-refractivity contribution in [3.05, 3.63) is 65.9 Å². The number of nitrogen functional groups attached to an aromatic ring is 1. The van der Waals surface area contributed by atoms with Crippen LogP contribution in [0.4, 0.5) is 10.5 Å². The number of anilines is 1. The van der Waals surface area contributed by atoms with E-state index in [9.17, 15) is 53.1 Å². The first-order valence-corrected chi connectivity index (χ1v) is 29.3. The molecule has 0 bridgehead atoms. The molecule has 0 saturated carbocycles. The van der Waals surface area contributed by atoms with Crippen LogP contribution in [0.2, 0.25) is 0 Å². The summed E-state index contributed by atoms with van der Waals surface area (Å²) in [7, 11) is 2.44. The van der Waals surface area contributed by atoms with Gasteiger partial charge in [0.1, 0.15) is 36.0 Å². The van der Waals surface area contributed by atoms with Crippen molar-refractivity contribution in [2.45, 2.75) is 107 Å². The molecule has 9 amide bonds. The van der Waals surface area contributed by atoms with Crippen LogP contribution < -0.4 is 64.6 Å². The van der Waals surface area contributed by atoms with Gasteiger partial charge in [-0.2, -0.15) is 0 Å². The van der Waals surface area contributed by atoms with E-state index in [0.29, 0.717) is 50.1 Å². The molecular weight excluding hydrogens is 1100 g/mol. The van der Waals surface area contributed by atoms with Crippen LogP contribution in [0.25, 0.3) is 10.9 Å². The lowest BCUT2D eigenvalue weighted by Crippen LogP contribution is -2.59. The van der Waals surface area contributed by atoms with Crippen molar-refractivity contribution in [3.63, 3.8) is 0 Å². The number of nitrogens with two attached hydrogens (primary N) is 3. The number of ether oxygens (including phenoxy) is 1. The third kappa shape index (κ3) is 21.0. The number of carbonyl (C=O) groups excluding carboxylic acids is 9. The van der Waals surface area contributed by atoms with Crippen molar-refractivity contribution >= 4 is 109 Å². The number of unbranched alkanes of at least 4 members (excludes halogenated alkanes) is 1. The molecule has 3 fully saturated rings. The minimum Gasteiger partial charge on any atom is -0.481 e. The number of aromatic nitrogens is 1. The number of hydrogen-bond acceptors (Lipinski definition) is 16. The van der Waals surface area contributed by atoms with Gasteiger partial charge in [0.2, 0.25) is 41.4 Å². The lowest BCUT2D eigenvalue weighted by atomic mass is 10.0. The van der Waals surface area contributed by atoms with E-state index < -0.39 is 90.5 Å². The lowest BCUT2D eigenvalue weighted by molar-refractivity contribution is -0.143. The normalized spacial score (nSPS) is 21.4. The van der Waals surface area contributed by atoms with Gasteiger partial charge in [-0.1, -0.05) is 39.8 Å². The zero-order valence-corrected chi connectivity index (χ0v) is 47.1. The van der Waals surface area contributed by atoms with Gasteiger partial charge in [0.25, 0.3) is 0 Å². The number of H-pyrrole nitrogens is 1. The number of carboxylic acid groups (broad SMARTS) is 1. The Hall–Kier alpha value is -8.28. The number of guanidine groups is 1. The Morgan fingerprint density at radius 3 is 2.27 bits per heavy atom. The van der Waals surface area contributed by atoms with E-state index in [1.165, 1.54) is 26.5 Å². The first-order chi connectivity index (χ1) is 39.2. The van der Waals surface area contributed by atoms with E-state index in [2.05, 4.69) is 52.4 Å². The molecule has 0 spiro atoms. The number of nitrogens with zero attached hydrogens (tertiary/aromatic N) is 2. The molecule has 82 heavy (non-hydrogen) atoms. The van der Waals surface area contributed by atoms with Gasteiger partial charge in [-0.25, -0.2) is 4.79 Å². The summed E-state index contributed by atoms with van der Waals surface area (Å²) in [6.45, 7) is 3.73. The number of amides is 9. The van der Waals surface area contributed by atoms with Crippen LogP contribution in [0.15, 0.2) is 54.7 Å². The zero-order valence-electron chi connectivity index (χ0n) is 45.5. The second-order valence-corrected chi connectivity index (χ2v) is 22.0. The number of benzene rings is 2. The van der Waals surface area contributed by atoms with Gasteiger partial charge in [0.15, 0.2) is 5.96 Å². The number of aromatic amines is 1. The third-order valence-electron chi connectivity index (χ3n) is 13.3. The fourth-order valence-electron chi connectivity index (χ4n) is 9.13. The molecule has 3 aliphatic heterocycles. The fourth-order valence-corrected chi connectivity index (χ4v) is 11.3. The van der Waals surface area contributed by atoms with Gasteiger partial charge in [-0.05, 0) is 81.3 Å². The second kappa shape index (κ2) is 32.8. The zero-order chi connectivity index (χ0) is 59.7. The van der Waals surface area contributed by atoms with E-state index in [-0.39, 0.29) is 86.5 Å². The van der Waals surface area contributed by atoms with Gasteiger partial charge < -0.3 is 84.4 Å². The number of fused-ring (bicyclic) bond motifs is 2. The summed E-state index contributed by atoms with van der Waals surface area (Å²) in [6.07, 6.45) is 3.50. The summed E-state index contributed by atoms with van der Waals surface area (Å²) in [5.41, 5.74) is 19.5. The number of carboxylic acids is 1. The highest BCUT2D eigenvalue weighted by Crippen LogP contribution is 2.26. The SMILES string of the molecule is CCOC(=O)CCNC(=O)NC1CCN(c2ccc(C(=N)N)cc2)C1.N=C(N)NCCCC[C@@H]1NC(=O)CCSSC[C@@H](C(N)=O)NC(=O)[C@@H]2CCCN2C(=O)[C@H](Cc2c[nH]c3ccccc23)NC(=O)[C@H](CC(=O)O)NC(=O)CNC1=O. The summed E-state index contributed by atoms with van der Waals surface area (Å²) < 4.78 is 4.80. The first kappa shape index (κ1) is 64.5. The van der Waals surface area contributed by atoms with Gasteiger partial charge >= 0.3 is 18.0 Å². The Morgan fingerprint density at radius 2 is 1.56 bits per heavy atom.